The lowest BCUT2D eigenvalue weighted by molar-refractivity contribution is 0.318. The Labute approximate surface area is 129 Å². The Kier molecular flexibility index (Phi) is 3.34. The number of benzene rings is 1. The van der Waals surface area contributed by atoms with Crippen LogP contribution in [0, 0.1) is 6.92 Å². The van der Waals surface area contributed by atoms with Gasteiger partial charge in [0.05, 0.1) is 17.0 Å². The van der Waals surface area contributed by atoms with Crippen molar-refractivity contribution in [2.24, 2.45) is 10.9 Å². The van der Waals surface area contributed by atoms with E-state index in [1.54, 1.807) is 17.6 Å². The number of nitrogens with two attached hydrogens (primary N) is 1. The highest BCUT2D eigenvalue weighted by Gasteiger charge is 2.17. The van der Waals surface area contributed by atoms with E-state index in [-0.39, 0.29) is 5.84 Å². The van der Waals surface area contributed by atoms with Crippen molar-refractivity contribution in [1.29, 1.82) is 0 Å². The molecule has 21 heavy (non-hydrogen) atoms. The highest BCUT2D eigenvalue weighted by molar-refractivity contribution is 9.10. The van der Waals surface area contributed by atoms with Crippen LogP contribution in [0.3, 0.4) is 0 Å². The van der Waals surface area contributed by atoms with Crippen molar-refractivity contribution < 1.29 is 5.21 Å². The topological polar surface area (TPSA) is 88.8 Å². The van der Waals surface area contributed by atoms with E-state index in [4.69, 9.17) is 10.9 Å². The van der Waals surface area contributed by atoms with E-state index in [0.717, 1.165) is 15.7 Å². The fourth-order valence-corrected chi connectivity index (χ4v) is 2.50. The molecule has 1 aromatic carbocycles. The highest BCUT2D eigenvalue weighted by Crippen LogP contribution is 2.24. The molecule has 0 saturated carbocycles. The molecule has 0 fully saturated rings. The standard InChI is InChI=1S/C14H12BrN5O/c1-8-12(13(16)19-21)14-17-7-6-11(20(14)18-8)9-2-4-10(15)5-3-9/h2-7,21H,1H3,(H2,16,19). The first-order chi connectivity index (χ1) is 10.1. The number of oxime groups is 1. The Morgan fingerprint density at radius 3 is 2.67 bits per heavy atom. The van der Waals surface area contributed by atoms with Gasteiger partial charge in [0.15, 0.2) is 11.5 Å². The predicted molar refractivity (Wildman–Crippen MR) is 83.4 cm³/mol. The first kappa shape index (κ1) is 13.6. The number of hydrogen-bond donors (Lipinski definition) is 2. The van der Waals surface area contributed by atoms with Gasteiger partial charge in [0.1, 0.15) is 0 Å². The molecule has 0 spiro atoms. The van der Waals surface area contributed by atoms with Gasteiger partial charge in [0, 0.05) is 16.2 Å². The average Bonchev–Trinajstić information content (AvgIpc) is 2.83. The number of fused-ring (bicyclic) bond motifs is 1. The molecule has 3 aromatic rings. The molecule has 0 radical (unpaired) electrons. The normalized spacial score (nSPS) is 12.0. The van der Waals surface area contributed by atoms with Crippen molar-refractivity contribution in [3.63, 3.8) is 0 Å². The predicted octanol–water partition coefficient (Wildman–Crippen LogP) is 2.56. The maximum absolute atomic E-state index is 8.90. The molecule has 106 valence electrons. The molecular weight excluding hydrogens is 334 g/mol. The summed E-state index contributed by atoms with van der Waals surface area (Å²) in [5.74, 6) is 0.00274. The van der Waals surface area contributed by atoms with Crippen LogP contribution in [0.25, 0.3) is 16.9 Å². The van der Waals surface area contributed by atoms with E-state index in [1.807, 2.05) is 30.3 Å². The largest absolute Gasteiger partial charge is 0.409 e. The minimum absolute atomic E-state index is 0.00274. The lowest BCUT2D eigenvalue weighted by Crippen LogP contribution is -2.14. The molecule has 0 aliphatic carbocycles. The Hall–Kier alpha value is -2.41. The van der Waals surface area contributed by atoms with Crippen molar-refractivity contribution in [2.75, 3.05) is 0 Å². The number of aromatic nitrogens is 3. The number of hydrogen-bond acceptors (Lipinski definition) is 4. The number of aryl methyl sites for hydroxylation is 1. The summed E-state index contributed by atoms with van der Waals surface area (Å²) in [6.07, 6.45) is 1.68. The summed E-state index contributed by atoms with van der Waals surface area (Å²) in [7, 11) is 0. The molecule has 0 aliphatic heterocycles. The van der Waals surface area contributed by atoms with Crippen LogP contribution in [0.15, 0.2) is 46.2 Å². The van der Waals surface area contributed by atoms with Gasteiger partial charge >= 0.3 is 0 Å². The lowest BCUT2D eigenvalue weighted by Gasteiger charge is -2.05. The van der Waals surface area contributed by atoms with Crippen LogP contribution in [-0.2, 0) is 0 Å². The minimum Gasteiger partial charge on any atom is -0.409 e. The highest BCUT2D eigenvalue weighted by atomic mass is 79.9. The molecule has 0 atom stereocenters. The molecule has 7 heteroatoms. The molecule has 2 heterocycles. The number of rotatable bonds is 2. The second kappa shape index (κ2) is 5.17. The van der Waals surface area contributed by atoms with Crippen LogP contribution in [0.4, 0.5) is 0 Å². The molecule has 0 amide bonds. The number of amidine groups is 1. The Balaban J connectivity index is 2.29. The van der Waals surface area contributed by atoms with Crippen molar-refractivity contribution in [3.05, 3.63) is 52.3 Å². The molecule has 6 nitrogen and oxygen atoms in total. The van der Waals surface area contributed by atoms with Gasteiger partial charge in [0.2, 0.25) is 0 Å². The Bertz CT molecular complexity index is 838. The maximum Gasteiger partial charge on any atom is 0.175 e. The van der Waals surface area contributed by atoms with Crippen molar-refractivity contribution in [1.82, 2.24) is 14.6 Å². The first-order valence-corrected chi connectivity index (χ1v) is 6.99. The molecule has 3 rings (SSSR count). The summed E-state index contributed by atoms with van der Waals surface area (Å²) >= 11 is 3.42. The van der Waals surface area contributed by atoms with Crippen LogP contribution in [0.5, 0.6) is 0 Å². The summed E-state index contributed by atoms with van der Waals surface area (Å²) in [5.41, 5.74) is 9.35. The smallest absolute Gasteiger partial charge is 0.175 e. The van der Waals surface area contributed by atoms with Crippen LogP contribution in [0.1, 0.15) is 11.3 Å². The van der Waals surface area contributed by atoms with Crippen LogP contribution < -0.4 is 5.73 Å². The van der Waals surface area contributed by atoms with Crippen molar-refractivity contribution >= 4 is 27.4 Å². The summed E-state index contributed by atoms with van der Waals surface area (Å²) in [5, 5.41) is 16.4. The molecule has 2 aromatic heterocycles. The summed E-state index contributed by atoms with van der Waals surface area (Å²) < 4.78 is 2.71. The zero-order valence-electron chi connectivity index (χ0n) is 11.2. The zero-order valence-corrected chi connectivity index (χ0v) is 12.7. The van der Waals surface area contributed by atoms with Gasteiger partial charge in [-0.25, -0.2) is 9.50 Å². The third-order valence-electron chi connectivity index (χ3n) is 3.20. The van der Waals surface area contributed by atoms with Gasteiger partial charge in [-0.05, 0) is 25.1 Å². The van der Waals surface area contributed by atoms with Gasteiger partial charge in [-0.1, -0.05) is 33.2 Å². The third-order valence-corrected chi connectivity index (χ3v) is 3.73. The van der Waals surface area contributed by atoms with Crippen LogP contribution >= 0.6 is 15.9 Å². The van der Waals surface area contributed by atoms with Crippen molar-refractivity contribution in [2.45, 2.75) is 6.92 Å². The van der Waals surface area contributed by atoms with Crippen LogP contribution in [-0.4, -0.2) is 25.6 Å². The van der Waals surface area contributed by atoms with Crippen LogP contribution in [0.2, 0.25) is 0 Å². The van der Waals surface area contributed by atoms with E-state index < -0.39 is 0 Å². The molecule has 0 aliphatic rings. The van der Waals surface area contributed by atoms with E-state index in [1.165, 1.54) is 0 Å². The van der Waals surface area contributed by atoms with Crippen molar-refractivity contribution in [3.8, 4) is 11.3 Å². The second-order valence-electron chi connectivity index (χ2n) is 4.52. The summed E-state index contributed by atoms with van der Waals surface area (Å²) in [6, 6.07) is 9.77. The van der Waals surface area contributed by atoms with Gasteiger partial charge < -0.3 is 10.9 Å². The lowest BCUT2D eigenvalue weighted by atomic mass is 10.1. The quantitative estimate of drug-likeness (QED) is 0.323. The van der Waals surface area contributed by atoms with Gasteiger partial charge in [-0.2, -0.15) is 5.10 Å². The summed E-state index contributed by atoms with van der Waals surface area (Å²) in [6.45, 7) is 1.80. The molecule has 0 bridgehead atoms. The molecule has 0 unspecified atom stereocenters. The average molecular weight is 346 g/mol. The monoisotopic (exact) mass is 345 g/mol. The summed E-state index contributed by atoms with van der Waals surface area (Å²) in [4.78, 5) is 4.29. The van der Waals surface area contributed by atoms with E-state index in [9.17, 15) is 0 Å². The molecule has 0 saturated heterocycles. The third kappa shape index (κ3) is 2.25. The first-order valence-electron chi connectivity index (χ1n) is 6.20. The Morgan fingerprint density at radius 1 is 1.29 bits per heavy atom. The number of nitrogens with zero attached hydrogens (tertiary/aromatic N) is 4. The molecular formula is C14H12BrN5O. The molecule has 3 N–H and O–H groups in total. The SMILES string of the molecule is Cc1nn2c(-c3ccc(Br)cc3)ccnc2c1/C(N)=N/O. The van der Waals surface area contributed by atoms with Gasteiger partial charge in [-0.15, -0.1) is 0 Å². The van der Waals surface area contributed by atoms with Gasteiger partial charge in [0.25, 0.3) is 0 Å². The van der Waals surface area contributed by atoms with E-state index in [0.29, 0.717) is 16.9 Å². The van der Waals surface area contributed by atoms with E-state index >= 15 is 0 Å². The Morgan fingerprint density at radius 2 is 2.00 bits per heavy atom. The fourth-order valence-electron chi connectivity index (χ4n) is 2.24. The maximum atomic E-state index is 8.90. The number of halogens is 1. The zero-order chi connectivity index (χ0) is 15.0. The minimum atomic E-state index is 0.00274. The van der Waals surface area contributed by atoms with Gasteiger partial charge in [-0.3, -0.25) is 0 Å². The van der Waals surface area contributed by atoms with E-state index in [2.05, 4.69) is 31.2 Å². The fraction of sp³-hybridized carbons (Fsp3) is 0.0714. The second-order valence-corrected chi connectivity index (χ2v) is 5.43.